The molecule has 0 aliphatic carbocycles. The number of allylic oxidation sites excluding steroid dienone is 1. The van der Waals surface area contributed by atoms with Crippen LogP contribution in [0.4, 0.5) is 13.2 Å². The number of rotatable bonds is 3. The average Bonchev–Trinajstić information content (AvgIpc) is 2.91. The molecule has 0 amide bonds. The lowest BCUT2D eigenvalue weighted by atomic mass is 10.1. The van der Waals surface area contributed by atoms with Gasteiger partial charge in [0.1, 0.15) is 5.76 Å². The second-order valence-corrected chi connectivity index (χ2v) is 3.91. The molecular weight excluding hydrogens is 273 g/mol. The summed E-state index contributed by atoms with van der Waals surface area (Å²) >= 11 is 0. The number of nitrogens with zero attached hydrogens (tertiary/aromatic N) is 2. The maximum absolute atomic E-state index is 12.1. The van der Waals surface area contributed by atoms with Crippen LogP contribution in [-0.4, -0.2) is 26.6 Å². The van der Waals surface area contributed by atoms with Gasteiger partial charge in [-0.1, -0.05) is 0 Å². The molecule has 4 nitrogen and oxygen atoms in total. The summed E-state index contributed by atoms with van der Waals surface area (Å²) in [4.78, 5) is 14.6. The van der Waals surface area contributed by atoms with Crippen molar-refractivity contribution in [2.75, 3.05) is 0 Å². The lowest BCUT2D eigenvalue weighted by molar-refractivity contribution is -0.165. The molecule has 0 saturated carbocycles. The van der Waals surface area contributed by atoms with E-state index in [4.69, 9.17) is 0 Å². The lowest BCUT2D eigenvalue weighted by Crippen LogP contribution is -2.20. The number of alkyl halides is 3. The third kappa shape index (κ3) is 3.05. The molecular formula is C13H9F3N2O2. The molecule has 104 valence electrons. The number of carbonyl (C=O) groups excluding carboxylic acids is 1. The van der Waals surface area contributed by atoms with Gasteiger partial charge >= 0.3 is 6.18 Å². The minimum atomic E-state index is -5.00. The van der Waals surface area contributed by atoms with Crippen LogP contribution < -0.4 is 0 Å². The predicted molar refractivity (Wildman–Crippen MR) is 65.2 cm³/mol. The minimum absolute atomic E-state index is 0.117. The van der Waals surface area contributed by atoms with Crippen molar-refractivity contribution in [3.8, 4) is 5.69 Å². The summed E-state index contributed by atoms with van der Waals surface area (Å²) in [6, 6.07) is 5.98. The van der Waals surface area contributed by atoms with Gasteiger partial charge in [0.25, 0.3) is 5.78 Å². The van der Waals surface area contributed by atoms with Crippen LogP contribution in [-0.2, 0) is 4.79 Å². The Labute approximate surface area is 111 Å². The van der Waals surface area contributed by atoms with E-state index in [0.29, 0.717) is 0 Å². The maximum atomic E-state index is 12.1. The molecule has 0 bridgehead atoms. The first-order valence-corrected chi connectivity index (χ1v) is 5.48. The molecule has 1 aromatic heterocycles. The monoisotopic (exact) mass is 282 g/mol. The van der Waals surface area contributed by atoms with E-state index in [0.717, 1.165) is 5.69 Å². The highest BCUT2D eigenvalue weighted by atomic mass is 19.4. The van der Waals surface area contributed by atoms with Gasteiger partial charge in [-0.3, -0.25) is 4.79 Å². The van der Waals surface area contributed by atoms with E-state index in [1.54, 1.807) is 35.4 Å². The molecule has 2 rings (SSSR count). The second kappa shape index (κ2) is 5.20. The van der Waals surface area contributed by atoms with Gasteiger partial charge in [0, 0.05) is 29.7 Å². The number of halogens is 3. The van der Waals surface area contributed by atoms with Gasteiger partial charge in [-0.05, 0) is 24.3 Å². The van der Waals surface area contributed by atoms with Gasteiger partial charge in [0.05, 0.1) is 6.33 Å². The molecule has 2 aromatic rings. The quantitative estimate of drug-likeness (QED) is 0.695. The molecule has 0 radical (unpaired) electrons. The van der Waals surface area contributed by atoms with Crippen molar-refractivity contribution >= 4 is 11.5 Å². The molecule has 0 fully saturated rings. The topological polar surface area (TPSA) is 55.1 Å². The van der Waals surface area contributed by atoms with Crippen LogP contribution in [0.15, 0.2) is 49.1 Å². The van der Waals surface area contributed by atoms with E-state index < -0.39 is 17.7 Å². The number of hydrogen-bond donors (Lipinski definition) is 1. The van der Waals surface area contributed by atoms with E-state index >= 15 is 0 Å². The molecule has 20 heavy (non-hydrogen) atoms. The maximum Gasteiger partial charge on any atom is 0.454 e. The first-order valence-electron chi connectivity index (χ1n) is 5.48. The Morgan fingerprint density at radius 2 is 1.90 bits per heavy atom. The highest BCUT2D eigenvalue weighted by molar-refractivity contribution is 5.99. The number of aliphatic hydroxyl groups is 1. The fourth-order valence-corrected chi connectivity index (χ4v) is 1.51. The number of aromatic nitrogens is 2. The standard InChI is InChI=1S/C13H9F3N2O2/c14-13(15,16)12(20)7-11(19)9-1-3-10(4-2-9)18-6-5-17-8-18/h1-8,19H/b11-7-. The number of imidazole rings is 1. The van der Waals surface area contributed by atoms with Crippen LogP contribution in [0.25, 0.3) is 11.4 Å². The van der Waals surface area contributed by atoms with E-state index in [1.165, 1.54) is 12.1 Å². The average molecular weight is 282 g/mol. The first-order chi connectivity index (χ1) is 9.38. The summed E-state index contributed by atoms with van der Waals surface area (Å²) < 4.78 is 37.9. The van der Waals surface area contributed by atoms with Crippen molar-refractivity contribution in [1.29, 1.82) is 0 Å². The van der Waals surface area contributed by atoms with Gasteiger partial charge in [-0.2, -0.15) is 13.2 Å². The molecule has 0 atom stereocenters. The van der Waals surface area contributed by atoms with Gasteiger partial charge in [0.2, 0.25) is 0 Å². The summed E-state index contributed by atoms with van der Waals surface area (Å²) in [5.41, 5.74) is 0.840. The minimum Gasteiger partial charge on any atom is -0.507 e. The third-order valence-corrected chi connectivity index (χ3v) is 2.51. The van der Waals surface area contributed by atoms with Crippen molar-refractivity contribution in [2.24, 2.45) is 0 Å². The number of benzene rings is 1. The van der Waals surface area contributed by atoms with Crippen LogP contribution in [0.3, 0.4) is 0 Å². The van der Waals surface area contributed by atoms with Crippen LogP contribution in [0.2, 0.25) is 0 Å². The van der Waals surface area contributed by atoms with Gasteiger partial charge in [-0.15, -0.1) is 0 Å². The van der Waals surface area contributed by atoms with Crippen LogP contribution in [0.5, 0.6) is 0 Å². The fraction of sp³-hybridized carbons (Fsp3) is 0.0769. The Kier molecular flexibility index (Phi) is 3.60. The molecule has 0 unspecified atom stereocenters. The Morgan fingerprint density at radius 3 is 2.40 bits per heavy atom. The molecule has 7 heteroatoms. The van der Waals surface area contributed by atoms with Crippen molar-refractivity contribution in [1.82, 2.24) is 9.55 Å². The zero-order valence-electron chi connectivity index (χ0n) is 10.0. The normalized spacial score (nSPS) is 12.4. The molecule has 1 N–H and O–H groups in total. The van der Waals surface area contributed by atoms with Crippen LogP contribution in [0.1, 0.15) is 5.56 Å². The summed E-state index contributed by atoms with van der Waals surface area (Å²) in [5, 5.41) is 9.50. The predicted octanol–water partition coefficient (Wildman–Crippen LogP) is 2.90. The Morgan fingerprint density at radius 1 is 1.25 bits per heavy atom. The van der Waals surface area contributed by atoms with Crippen molar-refractivity contribution in [3.05, 3.63) is 54.6 Å². The van der Waals surface area contributed by atoms with Gasteiger partial charge in [0.15, 0.2) is 0 Å². The summed E-state index contributed by atoms with van der Waals surface area (Å²) in [6.07, 6.45) is -0.0139. The third-order valence-electron chi connectivity index (χ3n) is 2.51. The van der Waals surface area contributed by atoms with Crippen molar-refractivity contribution < 1.29 is 23.1 Å². The molecule has 0 saturated heterocycles. The highest BCUT2D eigenvalue weighted by Crippen LogP contribution is 2.20. The number of carbonyl (C=O) groups is 1. The number of hydrogen-bond acceptors (Lipinski definition) is 3. The summed E-state index contributed by atoms with van der Waals surface area (Å²) in [5.74, 6) is -2.84. The highest BCUT2D eigenvalue weighted by Gasteiger charge is 2.36. The van der Waals surface area contributed by atoms with Crippen LogP contribution in [0, 0.1) is 0 Å². The molecule has 1 aromatic carbocycles. The van der Waals surface area contributed by atoms with Crippen molar-refractivity contribution in [2.45, 2.75) is 6.18 Å². The number of aliphatic hydroxyl groups excluding tert-OH is 1. The zero-order valence-corrected chi connectivity index (χ0v) is 10.0. The van der Waals surface area contributed by atoms with E-state index in [9.17, 15) is 23.1 Å². The van der Waals surface area contributed by atoms with Gasteiger partial charge in [-0.25, -0.2) is 4.98 Å². The van der Waals surface area contributed by atoms with E-state index in [1.807, 2.05) is 0 Å². The molecule has 0 aliphatic heterocycles. The Bertz CT molecular complexity index is 629. The van der Waals surface area contributed by atoms with Crippen LogP contribution >= 0.6 is 0 Å². The fourth-order valence-electron chi connectivity index (χ4n) is 1.51. The SMILES string of the molecule is O=C(/C=C(\O)c1ccc(-n2ccnc2)cc1)C(F)(F)F. The first kappa shape index (κ1) is 13.9. The van der Waals surface area contributed by atoms with E-state index in [2.05, 4.69) is 4.98 Å². The Balaban J connectivity index is 2.22. The Hall–Kier alpha value is -2.57. The molecule has 1 heterocycles. The lowest BCUT2D eigenvalue weighted by Gasteiger charge is -2.05. The molecule has 0 aliphatic rings. The zero-order chi connectivity index (χ0) is 14.8. The second-order valence-electron chi connectivity index (χ2n) is 3.91. The summed E-state index contributed by atoms with van der Waals surface area (Å²) in [7, 11) is 0. The van der Waals surface area contributed by atoms with Crippen molar-refractivity contribution in [3.63, 3.8) is 0 Å². The largest absolute Gasteiger partial charge is 0.507 e. The summed E-state index contributed by atoms with van der Waals surface area (Å²) in [6.45, 7) is 0. The smallest absolute Gasteiger partial charge is 0.454 e. The molecule has 0 spiro atoms. The van der Waals surface area contributed by atoms with E-state index in [-0.39, 0.29) is 11.6 Å². The van der Waals surface area contributed by atoms with Gasteiger partial charge < -0.3 is 9.67 Å². The number of ketones is 1.